The van der Waals surface area contributed by atoms with Gasteiger partial charge in [-0.3, -0.25) is 0 Å². The predicted octanol–water partition coefficient (Wildman–Crippen LogP) is 4.26. The molecule has 1 atom stereocenters. The number of aryl methyl sites for hydroxylation is 1. The van der Waals surface area contributed by atoms with Gasteiger partial charge >= 0.3 is 0 Å². The van der Waals surface area contributed by atoms with Gasteiger partial charge in [-0.1, -0.05) is 35.4 Å². The lowest BCUT2D eigenvalue weighted by Gasteiger charge is -2.15. The normalized spacial score (nSPS) is 12.0. The first-order valence-corrected chi connectivity index (χ1v) is 7.79. The highest BCUT2D eigenvalue weighted by Crippen LogP contribution is 2.29. The minimum Gasteiger partial charge on any atom is -0.491 e. The van der Waals surface area contributed by atoms with Gasteiger partial charge in [-0.2, -0.15) is 0 Å². The van der Waals surface area contributed by atoms with Crippen LogP contribution in [0, 0.1) is 6.92 Å². The summed E-state index contributed by atoms with van der Waals surface area (Å²) in [5.74, 6) is 0.753. The summed E-state index contributed by atoms with van der Waals surface area (Å²) in [5.41, 5.74) is 2.02. The summed E-state index contributed by atoms with van der Waals surface area (Å²) in [7, 11) is 0. The van der Waals surface area contributed by atoms with Gasteiger partial charge in [0, 0.05) is 6.54 Å². The van der Waals surface area contributed by atoms with E-state index in [0.717, 1.165) is 15.9 Å². The molecule has 2 rings (SSSR count). The molecule has 2 N–H and O–H groups in total. The average Bonchev–Trinajstić information content (AvgIpc) is 2.48. The second kappa shape index (κ2) is 7.69. The van der Waals surface area contributed by atoms with Crippen LogP contribution in [0.3, 0.4) is 0 Å². The lowest BCUT2D eigenvalue weighted by molar-refractivity contribution is 0.117. The summed E-state index contributed by atoms with van der Waals surface area (Å²) in [4.78, 5) is 0. The van der Waals surface area contributed by atoms with E-state index in [0.29, 0.717) is 11.6 Å². The van der Waals surface area contributed by atoms with Gasteiger partial charge < -0.3 is 15.2 Å². The van der Waals surface area contributed by atoms with Gasteiger partial charge in [-0.05, 0) is 47.1 Å². The molecule has 0 spiro atoms. The van der Waals surface area contributed by atoms with E-state index in [2.05, 4.69) is 21.2 Å². The van der Waals surface area contributed by atoms with Gasteiger partial charge in [0.05, 0.1) is 15.2 Å². The molecule has 0 saturated heterocycles. The molecular formula is C16H17BrClNO2. The van der Waals surface area contributed by atoms with Gasteiger partial charge in [-0.25, -0.2) is 0 Å². The number of rotatable bonds is 6. The van der Waals surface area contributed by atoms with E-state index in [4.69, 9.17) is 16.3 Å². The lowest BCUT2D eigenvalue weighted by atomic mass is 10.2. The fraction of sp³-hybridized carbons (Fsp3) is 0.250. The van der Waals surface area contributed by atoms with Gasteiger partial charge in [-0.15, -0.1) is 0 Å². The number of aliphatic hydroxyl groups excluding tert-OH is 1. The molecule has 3 nitrogen and oxygen atoms in total. The lowest BCUT2D eigenvalue weighted by Crippen LogP contribution is -2.26. The Morgan fingerprint density at radius 2 is 1.95 bits per heavy atom. The van der Waals surface area contributed by atoms with Crippen molar-refractivity contribution < 1.29 is 9.84 Å². The van der Waals surface area contributed by atoms with Crippen molar-refractivity contribution in [3.63, 3.8) is 0 Å². The Morgan fingerprint density at radius 1 is 1.24 bits per heavy atom. The number of halogens is 2. The van der Waals surface area contributed by atoms with E-state index in [9.17, 15) is 5.11 Å². The topological polar surface area (TPSA) is 41.5 Å². The fourth-order valence-corrected chi connectivity index (χ4v) is 2.33. The quantitative estimate of drug-likeness (QED) is 0.798. The van der Waals surface area contributed by atoms with Crippen LogP contribution in [0.5, 0.6) is 5.75 Å². The molecule has 0 fully saturated rings. The molecule has 1 unspecified atom stereocenters. The zero-order valence-corrected chi connectivity index (χ0v) is 14.0. The SMILES string of the molecule is Cc1ccc(OCC(O)CNc2cccc(Cl)c2Br)cc1. The highest BCUT2D eigenvalue weighted by Gasteiger charge is 2.08. The molecule has 0 aliphatic heterocycles. The highest BCUT2D eigenvalue weighted by molar-refractivity contribution is 9.10. The van der Waals surface area contributed by atoms with Gasteiger partial charge in [0.2, 0.25) is 0 Å². The van der Waals surface area contributed by atoms with Crippen LogP contribution in [0.2, 0.25) is 5.02 Å². The van der Waals surface area contributed by atoms with Crippen LogP contribution >= 0.6 is 27.5 Å². The third-order valence-electron chi connectivity index (χ3n) is 2.94. The Kier molecular flexibility index (Phi) is 5.91. The molecule has 2 aromatic carbocycles. The molecule has 0 aromatic heterocycles. The molecule has 0 amide bonds. The Labute approximate surface area is 138 Å². The van der Waals surface area contributed by atoms with Crippen LogP contribution in [0.15, 0.2) is 46.9 Å². The van der Waals surface area contributed by atoms with Crippen LogP contribution in [0.25, 0.3) is 0 Å². The zero-order valence-electron chi connectivity index (χ0n) is 11.6. The number of anilines is 1. The van der Waals surface area contributed by atoms with Crippen LogP contribution in [-0.2, 0) is 0 Å². The molecule has 21 heavy (non-hydrogen) atoms. The van der Waals surface area contributed by atoms with Gasteiger partial charge in [0.15, 0.2) is 0 Å². The van der Waals surface area contributed by atoms with Crippen LogP contribution in [0.4, 0.5) is 5.69 Å². The maximum Gasteiger partial charge on any atom is 0.119 e. The number of benzene rings is 2. The zero-order chi connectivity index (χ0) is 15.2. The highest BCUT2D eigenvalue weighted by atomic mass is 79.9. The summed E-state index contributed by atoms with van der Waals surface area (Å²) >= 11 is 9.41. The first kappa shape index (κ1) is 16.1. The van der Waals surface area contributed by atoms with Crippen molar-refractivity contribution in [1.29, 1.82) is 0 Å². The standard InChI is InChI=1S/C16H17BrClNO2/c1-11-5-7-13(8-6-11)21-10-12(20)9-19-15-4-2-3-14(18)16(15)17/h2-8,12,19-20H,9-10H2,1H3. The van der Waals surface area contributed by atoms with Gasteiger partial charge in [0.1, 0.15) is 18.5 Å². The molecule has 112 valence electrons. The van der Waals surface area contributed by atoms with E-state index >= 15 is 0 Å². The minimum absolute atomic E-state index is 0.230. The number of ether oxygens (including phenoxy) is 1. The number of nitrogens with one attached hydrogen (secondary N) is 1. The first-order chi connectivity index (χ1) is 10.1. The molecule has 2 aromatic rings. The fourth-order valence-electron chi connectivity index (χ4n) is 1.75. The summed E-state index contributed by atoms with van der Waals surface area (Å²) in [6.07, 6.45) is -0.614. The Bertz CT molecular complexity index is 589. The largest absolute Gasteiger partial charge is 0.491 e. The van der Waals surface area contributed by atoms with Crippen LogP contribution < -0.4 is 10.1 Å². The minimum atomic E-state index is -0.614. The van der Waals surface area contributed by atoms with Crippen LogP contribution in [0.1, 0.15) is 5.56 Å². The molecule has 5 heteroatoms. The van der Waals surface area contributed by atoms with Crippen molar-refractivity contribution >= 4 is 33.2 Å². The Hall–Kier alpha value is -1.23. The van der Waals surface area contributed by atoms with E-state index in [-0.39, 0.29) is 6.61 Å². The molecule has 0 aliphatic rings. The van der Waals surface area contributed by atoms with Crippen molar-refractivity contribution in [2.45, 2.75) is 13.0 Å². The smallest absolute Gasteiger partial charge is 0.119 e. The third kappa shape index (κ3) is 4.92. The summed E-state index contributed by atoms with van der Waals surface area (Å²) in [6.45, 7) is 2.63. The second-order valence-electron chi connectivity index (χ2n) is 4.76. The number of hydrogen-bond donors (Lipinski definition) is 2. The monoisotopic (exact) mass is 369 g/mol. The van der Waals surface area contributed by atoms with Crippen molar-refractivity contribution in [2.24, 2.45) is 0 Å². The van der Waals surface area contributed by atoms with E-state index in [1.165, 1.54) is 5.56 Å². The van der Waals surface area contributed by atoms with Crippen molar-refractivity contribution in [3.05, 3.63) is 57.5 Å². The second-order valence-corrected chi connectivity index (χ2v) is 5.96. The summed E-state index contributed by atoms with van der Waals surface area (Å²) in [5, 5.41) is 13.7. The molecule has 0 saturated carbocycles. The average molecular weight is 371 g/mol. The van der Waals surface area contributed by atoms with Crippen molar-refractivity contribution in [2.75, 3.05) is 18.5 Å². The third-order valence-corrected chi connectivity index (χ3v) is 4.34. The molecule has 0 heterocycles. The van der Waals surface area contributed by atoms with Gasteiger partial charge in [0.25, 0.3) is 0 Å². The van der Waals surface area contributed by atoms with Crippen molar-refractivity contribution in [3.8, 4) is 5.75 Å². The summed E-state index contributed by atoms with van der Waals surface area (Å²) < 4.78 is 6.33. The van der Waals surface area contributed by atoms with Crippen molar-refractivity contribution in [1.82, 2.24) is 0 Å². The van der Waals surface area contributed by atoms with Crippen LogP contribution in [-0.4, -0.2) is 24.4 Å². The van der Waals surface area contributed by atoms with E-state index < -0.39 is 6.10 Å². The Balaban J connectivity index is 1.80. The molecule has 0 aliphatic carbocycles. The molecular weight excluding hydrogens is 354 g/mol. The summed E-state index contributed by atoms with van der Waals surface area (Å²) in [6, 6.07) is 13.3. The maximum atomic E-state index is 9.95. The Morgan fingerprint density at radius 3 is 2.67 bits per heavy atom. The van der Waals surface area contributed by atoms with E-state index in [1.54, 1.807) is 6.07 Å². The van der Waals surface area contributed by atoms with E-state index in [1.807, 2.05) is 43.3 Å². The number of aliphatic hydroxyl groups is 1. The first-order valence-electron chi connectivity index (χ1n) is 6.61. The predicted molar refractivity (Wildman–Crippen MR) is 90.3 cm³/mol. The maximum absolute atomic E-state index is 9.95. The number of hydrogen-bond acceptors (Lipinski definition) is 3. The molecule has 0 bridgehead atoms. The molecule has 0 radical (unpaired) electrons.